The van der Waals surface area contributed by atoms with Crippen molar-refractivity contribution in [1.82, 2.24) is 5.32 Å². The molecule has 4 nitrogen and oxygen atoms in total. The molecule has 1 rings (SSSR count). The average molecular weight is 263 g/mol. The van der Waals surface area contributed by atoms with Gasteiger partial charge in [-0.25, -0.2) is 8.42 Å². The lowest BCUT2D eigenvalue weighted by Gasteiger charge is -2.04. The highest BCUT2D eigenvalue weighted by atomic mass is 32.2. The number of nitrogens with one attached hydrogen (secondary N) is 1. The SMILES string of the molecule is COc1ccsc1CNCCCS(C)(=O)=O. The van der Waals surface area contributed by atoms with E-state index in [0.717, 1.165) is 17.2 Å². The Bertz CT molecular complexity index is 411. The summed E-state index contributed by atoms with van der Waals surface area (Å²) < 4.78 is 26.9. The Balaban J connectivity index is 2.21. The molecule has 1 aromatic heterocycles. The van der Waals surface area contributed by atoms with Crippen molar-refractivity contribution in [2.24, 2.45) is 0 Å². The first-order valence-electron chi connectivity index (χ1n) is 5.02. The number of sulfone groups is 1. The molecule has 0 unspecified atom stereocenters. The molecule has 1 heterocycles. The normalized spacial score (nSPS) is 11.6. The molecule has 0 aromatic carbocycles. The highest BCUT2D eigenvalue weighted by Crippen LogP contribution is 2.23. The zero-order valence-corrected chi connectivity index (χ0v) is 11.2. The molecule has 16 heavy (non-hydrogen) atoms. The molecule has 0 aliphatic rings. The molecular formula is C10H17NO3S2. The quantitative estimate of drug-likeness (QED) is 0.753. The minimum absolute atomic E-state index is 0.238. The van der Waals surface area contributed by atoms with Gasteiger partial charge >= 0.3 is 0 Å². The smallest absolute Gasteiger partial charge is 0.147 e. The van der Waals surface area contributed by atoms with Crippen LogP contribution in [0.2, 0.25) is 0 Å². The van der Waals surface area contributed by atoms with E-state index >= 15 is 0 Å². The first kappa shape index (κ1) is 13.5. The number of thiophene rings is 1. The Morgan fingerprint density at radius 1 is 1.50 bits per heavy atom. The van der Waals surface area contributed by atoms with E-state index in [9.17, 15) is 8.42 Å². The van der Waals surface area contributed by atoms with Gasteiger partial charge in [0.15, 0.2) is 0 Å². The monoisotopic (exact) mass is 263 g/mol. The highest BCUT2D eigenvalue weighted by Gasteiger charge is 2.04. The fourth-order valence-electron chi connectivity index (χ4n) is 1.30. The molecule has 0 saturated carbocycles. The van der Waals surface area contributed by atoms with Crippen molar-refractivity contribution in [2.75, 3.05) is 25.7 Å². The van der Waals surface area contributed by atoms with Gasteiger partial charge in [-0.05, 0) is 24.4 Å². The van der Waals surface area contributed by atoms with Crippen LogP contribution in [0.1, 0.15) is 11.3 Å². The maximum Gasteiger partial charge on any atom is 0.147 e. The molecule has 0 fully saturated rings. The van der Waals surface area contributed by atoms with Gasteiger partial charge in [-0.15, -0.1) is 11.3 Å². The summed E-state index contributed by atoms with van der Waals surface area (Å²) in [5.74, 6) is 1.13. The van der Waals surface area contributed by atoms with Crippen molar-refractivity contribution in [3.8, 4) is 5.75 Å². The lowest BCUT2D eigenvalue weighted by Crippen LogP contribution is -2.17. The maximum absolute atomic E-state index is 10.9. The molecule has 0 bridgehead atoms. The summed E-state index contributed by atoms with van der Waals surface area (Å²) in [7, 11) is -1.19. The maximum atomic E-state index is 10.9. The standard InChI is InChI=1S/C10H17NO3S2/c1-14-9-4-6-15-10(9)8-11-5-3-7-16(2,12)13/h4,6,11H,3,5,7-8H2,1-2H3. The van der Waals surface area contributed by atoms with Crippen molar-refractivity contribution in [3.63, 3.8) is 0 Å². The van der Waals surface area contributed by atoms with Crippen LogP contribution in [-0.2, 0) is 16.4 Å². The van der Waals surface area contributed by atoms with Gasteiger partial charge in [0, 0.05) is 12.8 Å². The van der Waals surface area contributed by atoms with Gasteiger partial charge in [0.1, 0.15) is 15.6 Å². The van der Waals surface area contributed by atoms with E-state index in [4.69, 9.17) is 4.74 Å². The molecule has 0 aliphatic heterocycles. The predicted molar refractivity (Wildman–Crippen MR) is 66.9 cm³/mol. The molecule has 6 heteroatoms. The van der Waals surface area contributed by atoms with Gasteiger partial charge in [0.25, 0.3) is 0 Å². The second kappa shape index (κ2) is 6.22. The van der Waals surface area contributed by atoms with Crippen LogP contribution in [0.25, 0.3) is 0 Å². The molecule has 92 valence electrons. The van der Waals surface area contributed by atoms with E-state index < -0.39 is 9.84 Å². The fourth-order valence-corrected chi connectivity index (χ4v) is 2.78. The van der Waals surface area contributed by atoms with Gasteiger partial charge < -0.3 is 10.1 Å². The predicted octanol–water partition coefficient (Wildman–Crippen LogP) is 1.28. The zero-order valence-electron chi connectivity index (χ0n) is 9.52. The van der Waals surface area contributed by atoms with Gasteiger partial charge in [0.2, 0.25) is 0 Å². The number of hydrogen-bond acceptors (Lipinski definition) is 5. The highest BCUT2D eigenvalue weighted by molar-refractivity contribution is 7.90. The molecule has 0 atom stereocenters. The van der Waals surface area contributed by atoms with E-state index in [-0.39, 0.29) is 5.75 Å². The van der Waals surface area contributed by atoms with Gasteiger partial charge in [-0.2, -0.15) is 0 Å². The molecule has 0 spiro atoms. The molecule has 1 aromatic rings. The third-order valence-corrected chi connectivity index (χ3v) is 4.01. The average Bonchev–Trinajstić information content (AvgIpc) is 2.63. The summed E-state index contributed by atoms with van der Waals surface area (Å²) in [4.78, 5) is 1.14. The topological polar surface area (TPSA) is 55.4 Å². The van der Waals surface area contributed by atoms with E-state index in [2.05, 4.69) is 5.32 Å². The van der Waals surface area contributed by atoms with Crippen molar-refractivity contribution in [3.05, 3.63) is 16.3 Å². The van der Waals surface area contributed by atoms with Crippen LogP contribution in [0.4, 0.5) is 0 Å². The Hall–Kier alpha value is -0.590. The largest absolute Gasteiger partial charge is 0.496 e. The lowest BCUT2D eigenvalue weighted by molar-refractivity contribution is 0.410. The first-order chi connectivity index (χ1) is 7.53. The van der Waals surface area contributed by atoms with Gasteiger partial charge in [-0.1, -0.05) is 0 Å². The third-order valence-electron chi connectivity index (χ3n) is 2.08. The van der Waals surface area contributed by atoms with Gasteiger partial charge in [-0.3, -0.25) is 0 Å². The first-order valence-corrected chi connectivity index (χ1v) is 7.96. The summed E-state index contributed by atoms with van der Waals surface area (Å²) in [5.41, 5.74) is 0. The molecule has 0 amide bonds. The van der Waals surface area contributed by atoms with E-state index in [1.54, 1.807) is 18.4 Å². The summed E-state index contributed by atoms with van der Waals surface area (Å²) in [6, 6.07) is 1.93. The van der Waals surface area contributed by atoms with Crippen molar-refractivity contribution in [1.29, 1.82) is 0 Å². The number of ether oxygens (including phenoxy) is 1. The van der Waals surface area contributed by atoms with Crippen LogP contribution in [0, 0.1) is 0 Å². The molecular weight excluding hydrogens is 246 g/mol. The van der Waals surface area contributed by atoms with Crippen LogP contribution >= 0.6 is 11.3 Å². The molecule has 0 aliphatic carbocycles. The fraction of sp³-hybridized carbons (Fsp3) is 0.600. The van der Waals surface area contributed by atoms with Crippen LogP contribution in [0.3, 0.4) is 0 Å². The Kier molecular flexibility index (Phi) is 5.24. The van der Waals surface area contributed by atoms with Crippen LogP contribution in [0.15, 0.2) is 11.4 Å². The summed E-state index contributed by atoms with van der Waals surface area (Å²) in [6.07, 6.45) is 1.90. The van der Waals surface area contributed by atoms with Crippen molar-refractivity contribution in [2.45, 2.75) is 13.0 Å². The van der Waals surface area contributed by atoms with Crippen molar-refractivity contribution >= 4 is 21.2 Å². The molecule has 0 radical (unpaired) electrons. The minimum atomic E-state index is -2.83. The number of methoxy groups -OCH3 is 1. The molecule has 0 saturated heterocycles. The summed E-state index contributed by atoms with van der Waals surface area (Å²) in [6.45, 7) is 1.43. The van der Waals surface area contributed by atoms with Crippen molar-refractivity contribution < 1.29 is 13.2 Å². The van der Waals surface area contributed by atoms with Crippen LogP contribution in [-0.4, -0.2) is 34.1 Å². The number of hydrogen-bond donors (Lipinski definition) is 1. The second-order valence-corrected chi connectivity index (χ2v) is 6.83. The van der Waals surface area contributed by atoms with Gasteiger partial charge in [0.05, 0.1) is 17.7 Å². The van der Waals surface area contributed by atoms with E-state index in [1.165, 1.54) is 6.26 Å². The number of rotatable bonds is 7. The third kappa shape index (κ3) is 4.96. The van der Waals surface area contributed by atoms with E-state index in [0.29, 0.717) is 13.0 Å². The Morgan fingerprint density at radius 2 is 2.25 bits per heavy atom. The minimum Gasteiger partial charge on any atom is -0.496 e. The van der Waals surface area contributed by atoms with Crippen LogP contribution in [0.5, 0.6) is 5.75 Å². The summed E-state index contributed by atoms with van der Waals surface area (Å²) in [5, 5.41) is 5.18. The Morgan fingerprint density at radius 3 is 2.88 bits per heavy atom. The van der Waals surface area contributed by atoms with Crippen LogP contribution < -0.4 is 10.1 Å². The van der Waals surface area contributed by atoms with E-state index in [1.807, 2.05) is 11.4 Å². The molecule has 1 N–H and O–H groups in total. The second-order valence-electron chi connectivity index (χ2n) is 3.57. The lowest BCUT2D eigenvalue weighted by atomic mass is 10.4. The summed E-state index contributed by atoms with van der Waals surface area (Å²) >= 11 is 1.63. The zero-order chi connectivity index (χ0) is 12.0. The Labute approximate surface area is 101 Å².